The molecule has 8 rings (SSSR count). The molecule has 0 unspecified atom stereocenters. The van der Waals surface area contributed by atoms with E-state index in [1.54, 1.807) is 6.07 Å². The van der Waals surface area contributed by atoms with Crippen LogP contribution < -0.4 is 4.74 Å². The number of ether oxygens (including phenoxy) is 1. The van der Waals surface area contributed by atoms with Gasteiger partial charge in [0.15, 0.2) is 0 Å². The van der Waals surface area contributed by atoms with Gasteiger partial charge in [0.2, 0.25) is 5.88 Å². The van der Waals surface area contributed by atoms with E-state index in [9.17, 15) is 5.11 Å². The van der Waals surface area contributed by atoms with E-state index in [1.165, 1.54) is 5.56 Å². The Kier molecular flexibility index (Phi) is 7.38. The maximum Gasteiger partial charge on any atom is 0.217 e. The second kappa shape index (κ2) is 11.4. The summed E-state index contributed by atoms with van der Waals surface area (Å²) in [5.74, 6) is 1.82. The van der Waals surface area contributed by atoms with Crippen LogP contribution >= 0.6 is 0 Å². The van der Waals surface area contributed by atoms with Crippen molar-refractivity contribution in [3.63, 3.8) is 0 Å². The van der Waals surface area contributed by atoms with Gasteiger partial charge in [-0.15, -0.1) is 17.5 Å². The molecule has 46 heavy (non-hydrogen) atoms. The zero-order chi connectivity index (χ0) is 30.7. The molecule has 1 N–H and O–H groups in total. The Labute approximate surface area is 281 Å². The Bertz CT molecular complexity index is 2410. The van der Waals surface area contributed by atoms with E-state index in [0.717, 1.165) is 54.9 Å². The summed E-state index contributed by atoms with van der Waals surface area (Å²) in [5, 5.41) is 15.8. The van der Waals surface area contributed by atoms with Crippen molar-refractivity contribution in [3.05, 3.63) is 133 Å². The first-order valence-electron chi connectivity index (χ1n) is 15.1. The van der Waals surface area contributed by atoms with Crippen molar-refractivity contribution in [1.29, 1.82) is 0 Å². The maximum atomic E-state index is 10.8. The number of benzene rings is 5. The molecule has 0 radical (unpaired) electrons. The molecular formula is C40H30N3O2Pt-. The van der Waals surface area contributed by atoms with E-state index in [4.69, 9.17) is 14.7 Å². The van der Waals surface area contributed by atoms with Crippen LogP contribution in [-0.4, -0.2) is 19.6 Å². The van der Waals surface area contributed by atoms with Crippen LogP contribution in [0.3, 0.4) is 0 Å². The van der Waals surface area contributed by atoms with Crippen molar-refractivity contribution in [2.45, 2.75) is 26.2 Å². The van der Waals surface area contributed by atoms with Gasteiger partial charge in [0.1, 0.15) is 17.1 Å². The smallest absolute Gasteiger partial charge is 0.217 e. The first kappa shape index (κ1) is 29.7. The monoisotopic (exact) mass is 779 g/mol. The summed E-state index contributed by atoms with van der Waals surface area (Å²) in [5.41, 5.74) is 5.88. The number of phenols is 1. The molecule has 6 heteroatoms. The minimum atomic E-state index is -0.000503. The first-order valence-corrected chi connectivity index (χ1v) is 15.1. The summed E-state index contributed by atoms with van der Waals surface area (Å²) in [4.78, 5) is 9.52. The third kappa shape index (κ3) is 5.11. The van der Waals surface area contributed by atoms with Crippen LogP contribution in [0.4, 0.5) is 0 Å². The SMILES string of the molecule is CC(C)(C)c1ccc2c(c1)c1ccc(Oc3ccc4c(n3)c(O)cc3ccccc34)[c-]c1n2-c1cc(-c2ccccc2)ccn1.[Pt]. The molecule has 3 aromatic heterocycles. The molecule has 0 aliphatic heterocycles. The van der Waals surface area contributed by atoms with E-state index < -0.39 is 0 Å². The Morgan fingerprint density at radius 1 is 0.717 bits per heavy atom. The number of pyridine rings is 2. The number of rotatable bonds is 4. The molecule has 0 saturated heterocycles. The minimum Gasteiger partial charge on any atom is -0.506 e. The molecule has 0 aliphatic carbocycles. The molecule has 0 bridgehead atoms. The van der Waals surface area contributed by atoms with E-state index in [1.807, 2.05) is 72.9 Å². The minimum absolute atomic E-state index is 0. The third-order valence-electron chi connectivity index (χ3n) is 8.47. The van der Waals surface area contributed by atoms with Gasteiger partial charge in [-0.1, -0.05) is 93.0 Å². The second-order valence-corrected chi connectivity index (χ2v) is 12.4. The number of nitrogens with zero attached hydrogens (tertiary/aromatic N) is 3. The molecule has 0 atom stereocenters. The van der Waals surface area contributed by atoms with Crippen molar-refractivity contribution in [2.24, 2.45) is 0 Å². The molecule has 0 fully saturated rings. The van der Waals surface area contributed by atoms with Crippen LogP contribution in [-0.2, 0) is 26.5 Å². The van der Waals surface area contributed by atoms with Crippen LogP contribution in [0.15, 0.2) is 121 Å². The molecule has 0 amide bonds. The number of phenolic OH excluding ortho intramolecular Hbond substituents is 1. The molecule has 8 aromatic rings. The van der Waals surface area contributed by atoms with Crippen LogP contribution in [0.5, 0.6) is 17.4 Å². The quantitative estimate of drug-likeness (QED) is 0.143. The van der Waals surface area contributed by atoms with E-state index in [0.29, 0.717) is 17.1 Å². The predicted molar refractivity (Wildman–Crippen MR) is 183 cm³/mol. The summed E-state index contributed by atoms with van der Waals surface area (Å²) in [6.45, 7) is 6.69. The number of hydrogen-bond donors (Lipinski definition) is 1. The Hall–Kier alpha value is -4.99. The first-order chi connectivity index (χ1) is 21.8. The Balaban J connectivity index is 0.00000338. The fourth-order valence-electron chi connectivity index (χ4n) is 6.15. The van der Waals surface area contributed by atoms with Gasteiger partial charge in [-0.05, 0) is 68.6 Å². The van der Waals surface area contributed by atoms with Crippen LogP contribution in [0, 0.1) is 6.07 Å². The summed E-state index contributed by atoms with van der Waals surface area (Å²) in [7, 11) is 0. The summed E-state index contributed by atoms with van der Waals surface area (Å²) < 4.78 is 8.46. The van der Waals surface area contributed by atoms with Crippen molar-refractivity contribution < 1.29 is 30.9 Å². The van der Waals surface area contributed by atoms with Crippen LogP contribution in [0.2, 0.25) is 0 Å². The maximum absolute atomic E-state index is 10.8. The Morgan fingerprint density at radius 2 is 1.50 bits per heavy atom. The average Bonchev–Trinajstić information content (AvgIpc) is 3.38. The second-order valence-electron chi connectivity index (χ2n) is 12.4. The molecule has 3 heterocycles. The largest absolute Gasteiger partial charge is 0.506 e. The molecule has 0 spiro atoms. The molecule has 0 aliphatic rings. The zero-order valence-electron chi connectivity index (χ0n) is 25.6. The zero-order valence-corrected chi connectivity index (χ0v) is 27.8. The van der Waals surface area contributed by atoms with Gasteiger partial charge in [0.05, 0.1) is 0 Å². The van der Waals surface area contributed by atoms with Crippen molar-refractivity contribution in [1.82, 2.24) is 14.5 Å². The van der Waals surface area contributed by atoms with Crippen LogP contribution in [0.1, 0.15) is 26.3 Å². The normalized spacial score (nSPS) is 11.7. The van der Waals surface area contributed by atoms with E-state index >= 15 is 0 Å². The van der Waals surface area contributed by atoms with Gasteiger partial charge in [0, 0.05) is 50.0 Å². The van der Waals surface area contributed by atoms with E-state index in [-0.39, 0.29) is 32.2 Å². The number of aromatic hydroxyl groups is 1. The van der Waals surface area contributed by atoms with Gasteiger partial charge in [-0.2, -0.15) is 6.07 Å². The van der Waals surface area contributed by atoms with E-state index in [2.05, 4.69) is 73.9 Å². The van der Waals surface area contributed by atoms with Crippen molar-refractivity contribution in [2.75, 3.05) is 0 Å². The Morgan fingerprint density at radius 3 is 2.33 bits per heavy atom. The fraction of sp³-hybridized carbons (Fsp3) is 0.100. The molecule has 5 aromatic carbocycles. The number of hydrogen-bond acceptors (Lipinski definition) is 4. The molecule has 5 nitrogen and oxygen atoms in total. The third-order valence-corrected chi connectivity index (χ3v) is 8.47. The van der Waals surface area contributed by atoms with Gasteiger partial charge in [0.25, 0.3) is 0 Å². The van der Waals surface area contributed by atoms with Crippen molar-refractivity contribution >= 4 is 43.5 Å². The molecule has 0 saturated carbocycles. The van der Waals surface area contributed by atoms with Gasteiger partial charge in [-0.3, -0.25) is 0 Å². The molecular weight excluding hydrogens is 750 g/mol. The fourth-order valence-corrected chi connectivity index (χ4v) is 6.15. The topological polar surface area (TPSA) is 60.2 Å². The standard InChI is InChI=1S/C40H30N3O2.Pt/c1-40(2,3)28-13-17-34-33(23-28)31-15-14-29(24-35(31)43(34)37-22-26(19-20-41-37)25-9-5-4-6-10-25)45-38-18-16-32-30-12-8-7-11-27(30)21-36(44)39(32)42-38;/h4-23,44H,1-3H3;/q-1;. The van der Waals surface area contributed by atoms with Gasteiger partial charge < -0.3 is 14.4 Å². The average molecular weight is 780 g/mol. The number of aromatic nitrogens is 3. The molecule has 228 valence electrons. The van der Waals surface area contributed by atoms with Crippen molar-refractivity contribution in [3.8, 4) is 34.3 Å². The van der Waals surface area contributed by atoms with Gasteiger partial charge in [-0.25, -0.2) is 9.97 Å². The summed E-state index contributed by atoms with van der Waals surface area (Å²) >= 11 is 0. The van der Waals surface area contributed by atoms with Crippen LogP contribution in [0.25, 0.3) is 60.4 Å². The predicted octanol–water partition coefficient (Wildman–Crippen LogP) is 10.1. The summed E-state index contributed by atoms with van der Waals surface area (Å²) in [6.07, 6.45) is 1.86. The number of fused-ring (bicyclic) bond motifs is 6. The van der Waals surface area contributed by atoms with Gasteiger partial charge >= 0.3 is 0 Å². The summed E-state index contributed by atoms with van der Waals surface area (Å²) in [6, 6.07) is 42.2.